The first kappa shape index (κ1) is 15.4. The SMILES string of the molecule is COc1ccc2c(CC(=O)NCc3nn(C)cc3Cl)coc2c1. The number of nitrogens with one attached hydrogen (secondary N) is 1. The summed E-state index contributed by atoms with van der Waals surface area (Å²) in [5.41, 5.74) is 2.16. The molecular weight excluding hydrogens is 318 g/mol. The minimum atomic E-state index is -0.120. The van der Waals surface area contributed by atoms with Crippen molar-refractivity contribution < 1.29 is 13.9 Å². The van der Waals surface area contributed by atoms with Crippen LogP contribution in [0.4, 0.5) is 0 Å². The summed E-state index contributed by atoms with van der Waals surface area (Å²) >= 11 is 6.02. The van der Waals surface area contributed by atoms with E-state index in [4.69, 9.17) is 20.8 Å². The standard InChI is InChI=1S/C16H16ClN3O3/c1-20-8-13(17)14(19-20)7-18-16(21)5-10-9-23-15-6-11(22-2)3-4-12(10)15/h3-4,6,8-9H,5,7H2,1-2H3,(H,18,21). The summed E-state index contributed by atoms with van der Waals surface area (Å²) in [5.74, 6) is 0.595. The van der Waals surface area contributed by atoms with Crippen molar-refractivity contribution >= 4 is 28.5 Å². The summed E-state index contributed by atoms with van der Waals surface area (Å²) in [7, 11) is 3.38. The van der Waals surface area contributed by atoms with Crippen LogP contribution in [0.1, 0.15) is 11.3 Å². The van der Waals surface area contributed by atoms with Gasteiger partial charge in [0.15, 0.2) is 0 Å². The van der Waals surface area contributed by atoms with Crippen LogP contribution in [0.5, 0.6) is 5.75 Å². The molecule has 0 atom stereocenters. The second-order valence-electron chi connectivity index (χ2n) is 5.17. The molecule has 3 aromatic rings. The molecule has 23 heavy (non-hydrogen) atoms. The number of amides is 1. The number of nitrogens with zero attached hydrogens (tertiary/aromatic N) is 2. The number of hydrogen-bond acceptors (Lipinski definition) is 4. The van der Waals surface area contributed by atoms with E-state index < -0.39 is 0 Å². The highest BCUT2D eigenvalue weighted by Crippen LogP contribution is 2.25. The van der Waals surface area contributed by atoms with Crippen molar-refractivity contribution in [3.63, 3.8) is 0 Å². The molecule has 2 heterocycles. The molecule has 0 radical (unpaired) electrons. The lowest BCUT2D eigenvalue weighted by Gasteiger charge is -2.03. The molecule has 2 aromatic heterocycles. The average Bonchev–Trinajstić information content (AvgIpc) is 3.07. The molecule has 0 aliphatic rings. The van der Waals surface area contributed by atoms with Gasteiger partial charge in [-0.25, -0.2) is 0 Å². The number of carbonyl (C=O) groups excluding carboxylic acids is 1. The van der Waals surface area contributed by atoms with Gasteiger partial charge in [-0.2, -0.15) is 5.10 Å². The maximum Gasteiger partial charge on any atom is 0.224 e. The molecule has 1 aromatic carbocycles. The van der Waals surface area contributed by atoms with Crippen LogP contribution in [0, 0.1) is 0 Å². The van der Waals surface area contributed by atoms with Crippen LogP contribution in [0.25, 0.3) is 11.0 Å². The van der Waals surface area contributed by atoms with E-state index in [0.29, 0.717) is 28.6 Å². The smallest absolute Gasteiger partial charge is 0.224 e. The van der Waals surface area contributed by atoms with Crippen LogP contribution in [0.2, 0.25) is 5.02 Å². The van der Waals surface area contributed by atoms with Crippen LogP contribution in [0.3, 0.4) is 0 Å². The van der Waals surface area contributed by atoms with Gasteiger partial charge in [0.25, 0.3) is 0 Å². The average molecular weight is 334 g/mol. The molecule has 0 unspecified atom stereocenters. The highest BCUT2D eigenvalue weighted by atomic mass is 35.5. The lowest BCUT2D eigenvalue weighted by Crippen LogP contribution is -2.24. The molecule has 0 saturated heterocycles. The van der Waals surface area contributed by atoms with Gasteiger partial charge in [0, 0.05) is 30.3 Å². The highest BCUT2D eigenvalue weighted by molar-refractivity contribution is 6.31. The van der Waals surface area contributed by atoms with Gasteiger partial charge in [0.1, 0.15) is 17.0 Å². The Labute approximate surface area is 138 Å². The summed E-state index contributed by atoms with van der Waals surface area (Å²) in [5, 5.41) is 8.43. The largest absolute Gasteiger partial charge is 0.497 e. The third kappa shape index (κ3) is 3.32. The predicted octanol–water partition coefficient (Wildman–Crippen LogP) is 2.69. The molecule has 7 heteroatoms. The Hall–Kier alpha value is -2.47. The van der Waals surface area contributed by atoms with Gasteiger partial charge in [-0.05, 0) is 12.1 Å². The Bertz CT molecular complexity index is 853. The number of aromatic nitrogens is 2. The van der Waals surface area contributed by atoms with Gasteiger partial charge < -0.3 is 14.5 Å². The van der Waals surface area contributed by atoms with Crippen molar-refractivity contribution in [3.8, 4) is 5.75 Å². The maximum absolute atomic E-state index is 12.1. The second-order valence-corrected chi connectivity index (χ2v) is 5.58. The molecular formula is C16H16ClN3O3. The number of aryl methyl sites for hydroxylation is 1. The zero-order chi connectivity index (χ0) is 16.4. The molecule has 0 aliphatic carbocycles. The van der Waals surface area contributed by atoms with Gasteiger partial charge in [-0.1, -0.05) is 11.6 Å². The van der Waals surface area contributed by atoms with E-state index in [9.17, 15) is 4.79 Å². The topological polar surface area (TPSA) is 69.3 Å². The van der Waals surface area contributed by atoms with Gasteiger partial charge >= 0.3 is 0 Å². The van der Waals surface area contributed by atoms with Crippen LogP contribution >= 0.6 is 11.6 Å². The molecule has 0 aliphatic heterocycles. The molecule has 6 nitrogen and oxygen atoms in total. The van der Waals surface area contributed by atoms with Crippen molar-refractivity contribution in [2.45, 2.75) is 13.0 Å². The van der Waals surface area contributed by atoms with Crippen molar-refractivity contribution in [3.05, 3.63) is 46.9 Å². The van der Waals surface area contributed by atoms with Gasteiger partial charge in [0.2, 0.25) is 5.91 Å². The summed E-state index contributed by atoms with van der Waals surface area (Å²) in [4.78, 5) is 12.1. The summed E-state index contributed by atoms with van der Waals surface area (Å²) in [6.45, 7) is 0.294. The second kappa shape index (κ2) is 6.34. The fraction of sp³-hybridized carbons (Fsp3) is 0.250. The van der Waals surface area contributed by atoms with E-state index in [1.807, 2.05) is 12.1 Å². The number of methoxy groups -OCH3 is 1. The Morgan fingerprint density at radius 1 is 1.48 bits per heavy atom. The number of ether oxygens (including phenoxy) is 1. The van der Waals surface area contributed by atoms with E-state index >= 15 is 0 Å². The number of carbonyl (C=O) groups is 1. The maximum atomic E-state index is 12.1. The molecule has 0 fully saturated rings. The van der Waals surface area contributed by atoms with E-state index in [0.717, 1.165) is 10.9 Å². The molecule has 0 spiro atoms. The molecule has 0 bridgehead atoms. The number of furan rings is 1. The summed E-state index contributed by atoms with van der Waals surface area (Å²) in [6, 6.07) is 5.52. The molecule has 1 amide bonds. The van der Waals surface area contributed by atoms with Crippen molar-refractivity contribution in [1.29, 1.82) is 0 Å². The fourth-order valence-corrected chi connectivity index (χ4v) is 2.62. The van der Waals surface area contributed by atoms with Crippen molar-refractivity contribution in [1.82, 2.24) is 15.1 Å². The van der Waals surface area contributed by atoms with E-state index in [-0.39, 0.29) is 12.3 Å². The number of rotatable bonds is 5. The van der Waals surface area contributed by atoms with Crippen LogP contribution in [0.15, 0.2) is 35.1 Å². The lowest BCUT2D eigenvalue weighted by atomic mass is 10.1. The van der Waals surface area contributed by atoms with Crippen molar-refractivity contribution in [2.75, 3.05) is 7.11 Å². The zero-order valence-electron chi connectivity index (χ0n) is 12.8. The van der Waals surface area contributed by atoms with Crippen molar-refractivity contribution in [2.24, 2.45) is 7.05 Å². The predicted molar refractivity (Wildman–Crippen MR) is 86.5 cm³/mol. The molecule has 0 saturated carbocycles. The van der Waals surface area contributed by atoms with E-state index in [1.165, 1.54) is 0 Å². The number of benzene rings is 1. The lowest BCUT2D eigenvalue weighted by molar-refractivity contribution is -0.120. The fourth-order valence-electron chi connectivity index (χ4n) is 2.37. The quantitative estimate of drug-likeness (QED) is 0.779. The van der Waals surface area contributed by atoms with Crippen LogP contribution in [-0.4, -0.2) is 22.8 Å². The first-order chi connectivity index (χ1) is 11.1. The van der Waals surface area contributed by atoms with Crippen LogP contribution in [-0.2, 0) is 24.8 Å². The molecule has 3 rings (SSSR count). The van der Waals surface area contributed by atoms with E-state index in [2.05, 4.69) is 10.4 Å². The third-order valence-corrected chi connectivity index (χ3v) is 3.84. The van der Waals surface area contributed by atoms with Gasteiger partial charge in [-0.3, -0.25) is 9.48 Å². The van der Waals surface area contributed by atoms with E-state index in [1.54, 1.807) is 37.4 Å². The number of hydrogen-bond donors (Lipinski definition) is 1. The zero-order valence-corrected chi connectivity index (χ0v) is 13.6. The normalized spacial score (nSPS) is 10.9. The Morgan fingerprint density at radius 2 is 2.30 bits per heavy atom. The molecule has 1 N–H and O–H groups in total. The third-order valence-electron chi connectivity index (χ3n) is 3.52. The number of fused-ring (bicyclic) bond motifs is 1. The van der Waals surface area contributed by atoms with Gasteiger partial charge in [-0.15, -0.1) is 0 Å². The summed E-state index contributed by atoms with van der Waals surface area (Å²) < 4.78 is 12.2. The first-order valence-corrected chi connectivity index (χ1v) is 7.43. The summed E-state index contributed by atoms with van der Waals surface area (Å²) in [6.07, 6.45) is 3.52. The monoisotopic (exact) mass is 333 g/mol. The Kier molecular flexibility index (Phi) is 4.25. The minimum absolute atomic E-state index is 0.120. The first-order valence-electron chi connectivity index (χ1n) is 7.05. The Morgan fingerprint density at radius 3 is 3.00 bits per heavy atom. The van der Waals surface area contributed by atoms with Gasteiger partial charge in [0.05, 0.1) is 31.4 Å². The minimum Gasteiger partial charge on any atom is -0.497 e. The van der Waals surface area contributed by atoms with Crippen LogP contribution < -0.4 is 10.1 Å². The highest BCUT2D eigenvalue weighted by Gasteiger charge is 2.12. The molecule has 120 valence electrons. The Balaban J connectivity index is 1.67. The number of halogens is 1.